The molecule has 40 valence electrons. The number of hydrogen-bond acceptors (Lipinski definition) is 1. The number of halogens is 1. The molecule has 0 saturated heterocycles. The minimum atomic E-state index is -0.975. The van der Waals surface area contributed by atoms with Gasteiger partial charge in [0.25, 0.3) is 0 Å². The van der Waals surface area contributed by atoms with E-state index in [1.54, 1.807) is 0 Å². The maximum Gasteiger partial charge on any atom is 0.152 e. The molecule has 2 heteroatoms. The number of hydrogen-bond donors (Lipinski definition) is 1. The van der Waals surface area contributed by atoms with E-state index in [1.807, 2.05) is 0 Å². The molecule has 0 amide bonds. The maximum atomic E-state index is 8.42. The smallest absolute Gasteiger partial charge is 0.152 e. The van der Waals surface area contributed by atoms with Crippen LogP contribution in [-0.4, -0.2) is 10.7 Å². The van der Waals surface area contributed by atoms with Gasteiger partial charge in [-0.1, -0.05) is 30.8 Å². The van der Waals surface area contributed by atoms with Crippen LogP contribution in [0.1, 0.15) is 0 Å². The van der Waals surface area contributed by atoms with Gasteiger partial charge >= 0.3 is 0 Å². The Kier molecular flexibility index (Phi) is 2.72. The second kappa shape index (κ2) is 2.83. The van der Waals surface area contributed by atoms with Crippen LogP contribution in [0.15, 0.2) is 24.8 Å². The molecule has 0 aliphatic heterocycles. The van der Waals surface area contributed by atoms with E-state index in [4.69, 9.17) is 16.7 Å². The quantitative estimate of drug-likeness (QED) is 0.428. The summed E-state index contributed by atoms with van der Waals surface area (Å²) in [5.74, 6) is 0. The van der Waals surface area contributed by atoms with E-state index in [2.05, 4.69) is 13.2 Å². The Morgan fingerprint density at radius 1 is 1.86 bits per heavy atom. The fourth-order valence-electron chi connectivity index (χ4n) is 0.0972. The molecule has 0 bridgehead atoms. The largest absolute Gasteiger partial charge is 0.373 e. The van der Waals surface area contributed by atoms with E-state index in [0.717, 1.165) is 0 Å². The first-order valence-electron chi connectivity index (χ1n) is 1.82. The van der Waals surface area contributed by atoms with Crippen LogP contribution >= 0.6 is 11.6 Å². The predicted molar refractivity (Wildman–Crippen MR) is 31.2 cm³/mol. The molecule has 0 aliphatic carbocycles. The van der Waals surface area contributed by atoms with Gasteiger partial charge in [0.2, 0.25) is 0 Å². The van der Waals surface area contributed by atoms with Crippen LogP contribution in [0, 0.1) is 0 Å². The van der Waals surface area contributed by atoms with Gasteiger partial charge < -0.3 is 5.11 Å². The van der Waals surface area contributed by atoms with Gasteiger partial charge in [-0.2, -0.15) is 0 Å². The zero-order chi connectivity index (χ0) is 5.86. The van der Waals surface area contributed by atoms with Crippen molar-refractivity contribution in [2.24, 2.45) is 0 Å². The first-order valence-corrected chi connectivity index (χ1v) is 2.25. The molecule has 0 heterocycles. The summed E-state index contributed by atoms with van der Waals surface area (Å²) < 4.78 is 0. The molecular weight excluding hydrogens is 112 g/mol. The predicted octanol–water partition coefficient (Wildman–Crippen LogP) is 1.29. The third kappa shape index (κ3) is 2.43. The second-order valence-electron chi connectivity index (χ2n) is 1.11. The highest BCUT2D eigenvalue weighted by molar-refractivity contribution is 6.21. The second-order valence-corrected chi connectivity index (χ2v) is 1.53. The average molecular weight is 119 g/mol. The third-order valence-electron chi connectivity index (χ3n) is 0.568. The first kappa shape index (κ1) is 6.73. The lowest BCUT2D eigenvalue weighted by Gasteiger charge is -1.96. The van der Waals surface area contributed by atoms with Crippen molar-refractivity contribution >= 4 is 11.6 Å². The number of aliphatic hydroxyl groups is 1. The fourth-order valence-corrected chi connectivity index (χ4v) is 0.186. The Labute approximate surface area is 47.9 Å². The molecule has 0 saturated carbocycles. The minimum Gasteiger partial charge on any atom is -0.373 e. The molecule has 7 heavy (non-hydrogen) atoms. The number of alkyl halides is 1. The van der Waals surface area contributed by atoms with Crippen molar-refractivity contribution in [3.63, 3.8) is 0 Å². The van der Waals surface area contributed by atoms with Crippen molar-refractivity contribution < 1.29 is 5.11 Å². The molecule has 0 aromatic carbocycles. The molecule has 0 rings (SSSR count). The van der Waals surface area contributed by atoms with Gasteiger partial charge in [0.15, 0.2) is 5.56 Å². The summed E-state index contributed by atoms with van der Waals surface area (Å²) in [6.07, 6.45) is 1.41. The highest BCUT2D eigenvalue weighted by atomic mass is 35.5. The lowest BCUT2D eigenvalue weighted by Crippen LogP contribution is -1.94. The van der Waals surface area contributed by atoms with Crippen molar-refractivity contribution in [1.29, 1.82) is 0 Å². The molecule has 0 aliphatic rings. The molecule has 0 aromatic heterocycles. The molecule has 1 unspecified atom stereocenters. The van der Waals surface area contributed by atoms with Crippen LogP contribution in [0.2, 0.25) is 0 Å². The number of rotatable bonds is 2. The maximum absolute atomic E-state index is 8.42. The van der Waals surface area contributed by atoms with Crippen LogP contribution < -0.4 is 0 Å². The van der Waals surface area contributed by atoms with E-state index in [-0.39, 0.29) is 0 Å². The summed E-state index contributed by atoms with van der Waals surface area (Å²) in [5, 5.41) is 8.42. The molecule has 0 aromatic rings. The van der Waals surface area contributed by atoms with E-state index in [9.17, 15) is 0 Å². The standard InChI is InChI=1S/C5H7ClO/c1-3-4(2)5(6)7/h3,5,7H,1-2H2. The van der Waals surface area contributed by atoms with Gasteiger partial charge in [0.05, 0.1) is 0 Å². The SMILES string of the molecule is C=CC(=C)C(O)Cl. The van der Waals surface area contributed by atoms with Gasteiger partial charge in [-0.05, 0) is 5.57 Å². The Hall–Kier alpha value is -0.270. The first-order chi connectivity index (χ1) is 3.18. The molecule has 1 N–H and O–H groups in total. The highest BCUT2D eigenvalue weighted by Gasteiger charge is 1.95. The van der Waals surface area contributed by atoms with Crippen molar-refractivity contribution in [3.8, 4) is 0 Å². The van der Waals surface area contributed by atoms with Gasteiger partial charge in [-0.15, -0.1) is 0 Å². The van der Waals surface area contributed by atoms with E-state index in [0.29, 0.717) is 5.57 Å². The van der Waals surface area contributed by atoms with E-state index >= 15 is 0 Å². The summed E-state index contributed by atoms with van der Waals surface area (Å²) in [4.78, 5) is 0. The minimum absolute atomic E-state index is 0.432. The average Bonchev–Trinajstić information content (AvgIpc) is 1.65. The highest BCUT2D eigenvalue weighted by Crippen LogP contribution is 2.02. The lowest BCUT2D eigenvalue weighted by molar-refractivity contribution is 0.295. The molecule has 1 nitrogen and oxygen atoms in total. The van der Waals surface area contributed by atoms with Gasteiger partial charge in [0, 0.05) is 0 Å². The van der Waals surface area contributed by atoms with Gasteiger partial charge in [-0.25, -0.2) is 0 Å². The Balaban J connectivity index is 3.56. The Bertz CT molecular complexity index is 86.1. The monoisotopic (exact) mass is 118 g/mol. The molecule has 0 radical (unpaired) electrons. The molecule has 1 atom stereocenters. The van der Waals surface area contributed by atoms with Crippen LogP contribution in [-0.2, 0) is 0 Å². The third-order valence-corrected chi connectivity index (χ3v) is 0.848. The molecular formula is C5H7ClO. The zero-order valence-corrected chi connectivity index (χ0v) is 4.65. The van der Waals surface area contributed by atoms with Crippen LogP contribution in [0.3, 0.4) is 0 Å². The van der Waals surface area contributed by atoms with E-state index < -0.39 is 5.56 Å². The Morgan fingerprint density at radius 3 is 2.29 bits per heavy atom. The Morgan fingerprint density at radius 2 is 2.29 bits per heavy atom. The van der Waals surface area contributed by atoms with E-state index in [1.165, 1.54) is 6.08 Å². The topological polar surface area (TPSA) is 20.2 Å². The lowest BCUT2D eigenvalue weighted by atomic mass is 10.3. The van der Waals surface area contributed by atoms with Gasteiger partial charge in [-0.3, -0.25) is 0 Å². The van der Waals surface area contributed by atoms with Crippen molar-refractivity contribution in [1.82, 2.24) is 0 Å². The normalized spacial score (nSPS) is 12.9. The van der Waals surface area contributed by atoms with Crippen molar-refractivity contribution in [2.45, 2.75) is 5.56 Å². The van der Waals surface area contributed by atoms with Crippen molar-refractivity contribution in [3.05, 3.63) is 24.8 Å². The molecule has 0 spiro atoms. The summed E-state index contributed by atoms with van der Waals surface area (Å²) >= 11 is 5.11. The summed E-state index contributed by atoms with van der Waals surface area (Å²) in [7, 11) is 0. The summed E-state index contributed by atoms with van der Waals surface area (Å²) in [6, 6.07) is 0. The van der Waals surface area contributed by atoms with Crippen LogP contribution in [0.25, 0.3) is 0 Å². The van der Waals surface area contributed by atoms with Crippen LogP contribution in [0.4, 0.5) is 0 Å². The summed E-state index contributed by atoms with van der Waals surface area (Å²) in [5.41, 5.74) is -0.542. The van der Waals surface area contributed by atoms with Crippen molar-refractivity contribution in [2.75, 3.05) is 0 Å². The zero-order valence-electron chi connectivity index (χ0n) is 3.89. The summed E-state index contributed by atoms with van der Waals surface area (Å²) in [6.45, 7) is 6.71. The fraction of sp³-hybridized carbons (Fsp3) is 0.200. The van der Waals surface area contributed by atoms with Gasteiger partial charge in [0.1, 0.15) is 0 Å². The number of aliphatic hydroxyl groups excluding tert-OH is 1. The molecule has 0 fully saturated rings. The van der Waals surface area contributed by atoms with Crippen LogP contribution in [0.5, 0.6) is 0 Å².